The Kier molecular flexibility index (Phi) is 37.5. The summed E-state index contributed by atoms with van der Waals surface area (Å²) in [6.45, 7) is 25.1. The molecule has 7 aromatic heterocycles. The lowest BCUT2D eigenvalue weighted by atomic mass is 10.2. The SMILES string of the molecule is CC(C)(C)OC(=O)n1ccc(N)n1.CC(C)N(C(=O)c1ncc(Cl)cc1NS(=O)(=O)c1ccc(Cl)c(C(F)(F)F)c1)c1ccn[nH]1.CC(C)Nc1ccn(C(=O)OC(C)(C)C)n1.COCN(c1cc(Cl)cnc1C(=O)Cl)S(=O)(=O)c1ccc(Cl)c(C(F)(F)F)c1.COCN(c1cc(Cl)cnc1C(=O)N(c1ccn(C(=O)OC(C)(C)C)n1)C(C)C)S(=O)(=O)c1ccc(Cl)c(C(F)(F)F)c1. The molecule has 133 heavy (non-hydrogen) atoms. The van der Waals surface area contributed by atoms with Crippen LogP contribution in [-0.2, 0) is 72.3 Å². The number of pyridine rings is 3. The topological polar surface area (TPSA) is 435 Å². The molecule has 35 nitrogen and oxygen atoms in total. The van der Waals surface area contributed by atoms with E-state index in [0.717, 1.165) is 102 Å². The summed E-state index contributed by atoms with van der Waals surface area (Å²) in [5.74, 6) is -0.266. The number of methoxy groups -OCH3 is 2. The number of nitrogens with one attached hydrogen (secondary N) is 3. The third-order valence-corrected chi connectivity index (χ3v) is 22.6. The van der Waals surface area contributed by atoms with Crippen molar-refractivity contribution >= 4 is 187 Å². The Morgan fingerprint density at radius 3 is 1.24 bits per heavy atom. The second-order valence-corrected chi connectivity index (χ2v) is 39.4. The minimum atomic E-state index is -4.95. The first-order valence-corrected chi connectivity index (χ1v) is 45.0. The largest absolute Gasteiger partial charge is 0.442 e. The fourth-order valence-electron chi connectivity index (χ4n) is 10.7. The monoisotopic (exact) mass is 2070 g/mol. The van der Waals surface area contributed by atoms with E-state index in [2.05, 4.69) is 50.5 Å². The van der Waals surface area contributed by atoms with Gasteiger partial charge in [0, 0.05) is 93.8 Å². The number of nitrogens with two attached hydrogens (primary N) is 1. The zero-order chi connectivity index (χ0) is 101. The van der Waals surface area contributed by atoms with Crippen molar-refractivity contribution in [3.63, 3.8) is 0 Å². The first-order chi connectivity index (χ1) is 61.1. The molecule has 0 fully saturated rings. The van der Waals surface area contributed by atoms with Crippen LogP contribution in [0.2, 0.25) is 30.1 Å². The molecule has 0 aliphatic carbocycles. The second-order valence-electron chi connectivity index (χ2n) is 31.1. The van der Waals surface area contributed by atoms with Gasteiger partial charge in [0.2, 0.25) is 0 Å². The van der Waals surface area contributed by atoms with E-state index in [-0.39, 0.29) is 55.7 Å². The van der Waals surface area contributed by atoms with Gasteiger partial charge in [-0.05, 0) is 188 Å². The Labute approximate surface area is 791 Å². The Morgan fingerprint density at radius 1 is 0.481 bits per heavy atom. The molecule has 0 saturated heterocycles. The second kappa shape index (κ2) is 45.0. The molecule has 10 rings (SSSR count). The van der Waals surface area contributed by atoms with E-state index in [1.54, 1.807) is 81.5 Å². The van der Waals surface area contributed by atoms with Crippen LogP contribution in [0, 0.1) is 0 Å². The third kappa shape index (κ3) is 31.1. The molecule has 0 atom stereocenters. The van der Waals surface area contributed by atoms with Gasteiger partial charge in [-0.1, -0.05) is 69.6 Å². The first-order valence-electron chi connectivity index (χ1n) is 38.0. The van der Waals surface area contributed by atoms with Crippen molar-refractivity contribution in [3.05, 3.63) is 204 Å². The van der Waals surface area contributed by atoms with E-state index < -0.39 is 178 Å². The molecule has 0 spiro atoms. The minimum Gasteiger partial charge on any atom is -0.442 e. The lowest BCUT2D eigenvalue weighted by molar-refractivity contribution is -0.138. The zero-order valence-corrected chi connectivity index (χ0v) is 80.7. The maximum Gasteiger partial charge on any atom is 0.435 e. The summed E-state index contributed by atoms with van der Waals surface area (Å²) < 4.78 is 230. The van der Waals surface area contributed by atoms with E-state index in [1.807, 2.05) is 34.6 Å². The van der Waals surface area contributed by atoms with Crippen LogP contribution in [0.1, 0.15) is 152 Å². The van der Waals surface area contributed by atoms with Gasteiger partial charge in [0.15, 0.2) is 17.2 Å². The molecular weight excluding hydrogens is 1990 g/mol. The fraction of sp³-hybridized carbons (Fsp3) is 0.354. The number of benzene rings is 3. The highest BCUT2D eigenvalue weighted by Crippen LogP contribution is 2.42. The molecule has 0 aliphatic rings. The summed E-state index contributed by atoms with van der Waals surface area (Å²) in [7, 11) is -11.8. The Morgan fingerprint density at radius 2 is 0.857 bits per heavy atom. The number of hydrogen-bond acceptors (Lipinski definition) is 26. The number of hydrogen-bond donors (Lipinski definition) is 4. The van der Waals surface area contributed by atoms with E-state index in [1.165, 1.54) is 46.4 Å². The number of carbonyl (C=O) groups excluding carboxylic acids is 6. The molecule has 5 N–H and O–H groups in total. The average Bonchev–Trinajstić information content (AvgIpc) is 1.58. The van der Waals surface area contributed by atoms with Gasteiger partial charge in [0.25, 0.3) is 47.1 Å². The number of carbonyl (C=O) groups is 6. The number of H-pyrrole nitrogens is 1. The molecule has 7 heterocycles. The lowest BCUT2D eigenvalue weighted by Crippen LogP contribution is -2.40. The Balaban J connectivity index is 0.000000270. The maximum atomic E-state index is 14.0. The van der Waals surface area contributed by atoms with Crippen LogP contribution in [0.4, 0.5) is 94.2 Å². The van der Waals surface area contributed by atoms with Crippen molar-refractivity contribution in [1.29, 1.82) is 0 Å². The van der Waals surface area contributed by atoms with E-state index in [4.69, 9.17) is 111 Å². The Bertz CT molecular complexity index is 6200. The van der Waals surface area contributed by atoms with E-state index in [9.17, 15) is 93.5 Å². The maximum absolute atomic E-state index is 14.0. The van der Waals surface area contributed by atoms with Crippen LogP contribution in [0.25, 0.3) is 0 Å². The van der Waals surface area contributed by atoms with Gasteiger partial charge >= 0.3 is 36.8 Å². The first kappa shape index (κ1) is 111. The molecular formula is C79H86Cl7F9N18O17S3. The number of sulfonamides is 3. The standard InChI is InChI=1S/C26H28Cl2F3N5O6S.C19H16Cl2F3N5O3S.C15H10Cl3F3N2O4S.C11H19N3O2.C8H13N3O2/c1-15(2)36(21-9-10-34(33-21)24(38)42-25(3,4)5)23(37)22-20(11-16(27)13-32-22)35(14-41-6)43(39,40)17-7-8-19(28)18(12-17)26(29,30)31;1-10(2)29(16-5-6-26-27-16)18(30)17-15(7-11(20)9-25-17)28-33(31,32)12-3-4-14(21)13(8-12)19(22,23)24;1-27-7-23(12-4-8(16)6-22-13(12)14(18)24)28(25,26)9-2-3-11(17)10(5-9)15(19,20)21;1-8(2)12-9-6-7-14(13-9)10(15)16-11(3,4)5;1-8(2,3)13-7(12)11-5-4-6(9)10-11/h7-13,15H,14H2,1-6H3;3-10,28H,1-2H3,(H,26,27);2-6H,7H2,1H3;6-8H,1-5H3,(H,12,13);4-5H,1-3H3,(H2,9,10). The summed E-state index contributed by atoms with van der Waals surface area (Å²) in [6.07, 6.45) is -7.46. The van der Waals surface area contributed by atoms with Crippen molar-refractivity contribution < 1.29 is 117 Å². The van der Waals surface area contributed by atoms with Crippen molar-refractivity contribution in [2.24, 2.45) is 0 Å². The highest BCUT2D eigenvalue weighted by atomic mass is 35.5. The van der Waals surface area contributed by atoms with Crippen LogP contribution in [0.15, 0.2) is 155 Å². The van der Waals surface area contributed by atoms with Crippen LogP contribution in [0.3, 0.4) is 0 Å². The molecule has 0 bridgehead atoms. The van der Waals surface area contributed by atoms with Gasteiger partial charge < -0.3 is 34.7 Å². The molecule has 0 aliphatic heterocycles. The fourth-order valence-corrected chi connectivity index (χ4v) is 15.8. The number of alkyl halides is 9. The van der Waals surface area contributed by atoms with Crippen molar-refractivity contribution in [3.8, 4) is 0 Å². The molecule has 0 radical (unpaired) electrons. The lowest BCUT2D eigenvalue weighted by Gasteiger charge is -2.28. The van der Waals surface area contributed by atoms with Gasteiger partial charge in [-0.25, -0.2) is 63.2 Å². The predicted octanol–water partition coefficient (Wildman–Crippen LogP) is 19.5. The summed E-state index contributed by atoms with van der Waals surface area (Å²) in [6, 6.07) is 15.0. The number of ether oxygens (including phenoxy) is 5. The number of halogens is 16. The number of aromatic nitrogens is 11. The predicted molar refractivity (Wildman–Crippen MR) is 478 cm³/mol. The van der Waals surface area contributed by atoms with Gasteiger partial charge in [-0.2, -0.15) is 58.7 Å². The van der Waals surface area contributed by atoms with Gasteiger partial charge in [-0.3, -0.25) is 34.0 Å². The molecule has 3 aromatic carbocycles. The highest BCUT2D eigenvalue weighted by molar-refractivity contribution is 7.93. The average molecular weight is 2080 g/mol. The number of amides is 2. The molecule has 724 valence electrons. The van der Waals surface area contributed by atoms with E-state index >= 15 is 0 Å². The van der Waals surface area contributed by atoms with Crippen LogP contribution in [-0.4, -0.2) is 178 Å². The number of rotatable bonds is 22. The van der Waals surface area contributed by atoms with Crippen LogP contribution in [0.5, 0.6) is 0 Å². The number of nitrogen functional groups attached to an aromatic ring is 1. The molecule has 54 heteroatoms. The molecule has 0 saturated carbocycles. The normalized spacial score (nSPS) is 12.1. The molecule has 10 aromatic rings. The van der Waals surface area contributed by atoms with Crippen LogP contribution < -0.4 is 34.2 Å². The smallest absolute Gasteiger partial charge is 0.435 e. The van der Waals surface area contributed by atoms with Gasteiger partial charge in [-0.15, -0.1) is 15.3 Å². The van der Waals surface area contributed by atoms with E-state index in [0.29, 0.717) is 44.3 Å². The summed E-state index contributed by atoms with van der Waals surface area (Å²) in [4.78, 5) is 86.1. The number of nitrogens with zero attached hydrogens (tertiary/aromatic N) is 14. The quantitative estimate of drug-likeness (QED) is 0.0212. The number of aromatic amines is 1. The van der Waals surface area contributed by atoms with Crippen molar-refractivity contribution in [1.82, 2.24) is 54.5 Å². The summed E-state index contributed by atoms with van der Waals surface area (Å²) in [5.41, 5.74) is -2.86. The Hall–Kier alpha value is -10.9. The van der Waals surface area contributed by atoms with Gasteiger partial charge in [0.05, 0.1) is 84.8 Å². The highest BCUT2D eigenvalue weighted by Gasteiger charge is 2.41. The minimum absolute atomic E-state index is 0.00206. The molecule has 2 amide bonds. The van der Waals surface area contributed by atoms with Gasteiger partial charge in [0.1, 0.15) is 53.4 Å². The van der Waals surface area contributed by atoms with Crippen LogP contribution >= 0.6 is 81.2 Å². The zero-order valence-electron chi connectivity index (χ0n) is 73.0. The van der Waals surface area contributed by atoms with Crippen molar-refractivity contribution in [2.45, 2.75) is 172 Å². The third-order valence-electron chi connectivity index (χ3n) is 16.0. The summed E-state index contributed by atoms with van der Waals surface area (Å²) in [5, 5.41) is 18.2. The molecule has 0 unspecified atom stereocenters. The number of anilines is 7. The van der Waals surface area contributed by atoms with Crippen molar-refractivity contribution in [2.75, 3.05) is 61.9 Å². The summed E-state index contributed by atoms with van der Waals surface area (Å²) >= 11 is 40.1.